The molecule has 0 aliphatic rings. The Morgan fingerprint density at radius 3 is 2.74 bits per heavy atom. The van der Waals surface area contributed by atoms with Gasteiger partial charge in [-0.1, -0.05) is 18.2 Å². The number of hydrogen-bond acceptors (Lipinski definition) is 2. The van der Waals surface area contributed by atoms with Gasteiger partial charge in [0.15, 0.2) is 0 Å². The molecule has 4 heteroatoms. The lowest BCUT2D eigenvalue weighted by Gasteiger charge is -2.23. The molecule has 0 radical (unpaired) electrons. The van der Waals surface area contributed by atoms with E-state index in [2.05, 4.69) is 30.3 Å². The van der Waals surface area contributed by atoms with E-state index in [1.807, 2.05) is 30.5 Å². The standard InChI is InChI=1S/C15H18N2O2/c1-15(2,3)17-10-16-9-13(17)12-6-4-5-11(7-12)8-14(18)19/h4-7,9-10H,8H2,1-3H3,(H,18,19). The van der Waals surface area contributed by atoms with Crippen LogP contribution in [0.3, 0.4) is 0 Å². The van der Waals surface area contributed by atoms with Gasteiger partial charge in [-0.2, -0.15) is 0 Å². The highest BCUT2D eigenvalue weighted by Gasteiger charge is 2.17. The number of carboxylic acid groups (broad SMARTS) is 1. The van der Waals surface area contributed by atoms with Crippen molar-refractivity contribution < 1.29 is 9.90 Å². The summed E-state index contributed by atoms with van der Waals surface area (Å²) in [6.07, 6.45) is 3.65. The Hall–Kier alpha value is -2.10. The van der Waals surface area contributed by atoms with Crippen LogP contribution >= 0.6 is 0 Å². The van der Waals surface area contributed by atoms with Gasteiger partial charge in [0, 0.05) is 11.1 Å². The van der Waals surface area contributed by atoms with Gasteiger partial charge in [0.25, 0.3) is 0 Å². The lowest BCUT2D eigenvalue weighted by molar-refractivity contribution is -0.136. The molecule has 1 aromatic heterocycles. The molecule has 1 aromatic carbocycles. The van der Waals surface area contributed by atoms with Crippen molar-refractivity contribution >= 4 is 5.97 Å². The number of aromatic nitrogens is 2. The normalized spacial score (nSPS) is 11.5. The molecule has 0 amide bonds. The number of benzene rings is 1. The fourth-order valence-electron chi connectivity index (χ4n) is 2.06. The SMILES string of the molecule is CC(C)(C)n1cncc1-c1cccc(CC(=O)O)c1. The second-order valence-electron chi connectivity index (χ2n) is 5.59. The first-order chi connectivity index (χ1) is 8.88. The van der Waals surface area contributed by atoms with Gasteiger partial charge in [-0.15, -0.1) is 0 Å². The van der Waals surface area contributed by atoms with Crippen molar-refractivity contribution in [3.05, 3.63) is 42.4 Å². The second-order valence-corrected chi connectivity index (χ2v) is 5.59. The van der Waals surface area contributed by atoms with Crippen molar-refractivity contribution in [1.29, 1.82) is 0 Å². The summed E-state index contributed by atoms with van der Waals surface area (Å²) in [5.41, 5.74) is 2.73. The summed E-state index contributed by atoms with van der Waals surface area (Å²) in [4.78, 5) is 15.0. The van der Waals surface area contributed by atoms with Crippen molar-refractivity contribution in [2.45, 2.75) is 32.7 Å². The molecule has 0 saturated heterocycles. The Bertz CT molecular complexity index is 594. The minimum absolute atomic E-state index is 0.0392. The van der Waals surface area contributed by atoms with Gasteiger partial charge >= 0.3 is 5.97 Å². The van der Waals surface area contributed by atoms with Crippen LogP contribution in [0.1, 0.15) is 26.3 Å². The van der Waals surface area contributed by atoms with Crippen LogP contribution in [-0.2, 0) is 16.8 Å². The van der Waals surface area contributed by atoms with Crippen LogP contribution in [0.5, 0.6) is 0 Å². The summed E-state index contributed by atoms with van der Waals surface area (Å²) >= 11 is 0. The highest BCUT2D eigenvalue weighted by atomic mass is 16.4. The first-order valence-corrected chi connectivity index (χ1v) is 6.22. The highest BCUT2D eigenvalue weighted by molar-refractivity contribution is 5.71. The summed E-state index contributed by atoms with van der Waals surface area (Å²) in [5.74, 6) is -0.818. The minimum Gasteiger partial charge on any atom is -0.481 e. The molecule has 19 heavy (non-hydrogen) atoms. The molecule has 0 atom stereocenters. The van der Waals surface area contributed by atoms with Crippen LogP contribution in [-0.4, -0.2) is 20.6 Å². The van der Waals surface area contributed by atoms with E-state index in [9.17, 15) is 4.79 Å². The maximum Gasteiger partial charge on any atom is 0.307 e. The van der Waals surface area contributed by atoms with E-state index >= 15 is 0 Å². The van der Waals surface area contributed by atoms with Crippen molar-refractivity contribution in [2.75, 3.05) is 0 Å². The number of carbonyl (C=O) groups is 1. The van der Waals surface area contributed by atoms with Crippen LogP contribution < -0.4 is 0 Å². The molecule has 2 aromatic rings. The largest absolute Gasteiger partial charge is 0.481 e. The van der Waals surface area contributed by atoms with Gasteiger partial charge in [-0.3, -0.25) is 4.79 Å². The molecule has 2 rings (SSSR count). The van der Waals surface area contributed by atoms with E-state index in [-0.39, 0.29) is 12.0 Å². The highest BCUT2D eigenvalue weighted by Crippen LogP contribution is 2.26. The molecule has 1 heterocycles. The van der Waals surface area contributed by atoms with E-state index < -0.39 is 5.97 Å². The lowest BCUT2D eigenvalue weighted by Crippen LogP contribution is -2.21. The first-order valence-electron chi connectivity index (χ1n) is 6.22. The molecular formula is C15H18N2O2. The molecular weight excluding hydrogens is 240 g/mol. The van der Waals surface area contributed by atoms with Gasteiger partial charge in [0.05, 0.1) is 24.6 Å². The zero-order valence-electron chi connectivity index (χ0n) is 11.4. The summed E-state index contributed by atoms with van der Waals surface area (Å²) in [5, 5.41) is 8.85. The number of aliphatic carboxylic acids is 1. The molecule has 0 unspecified atom stereocenters. The summed E-state index contributed by atoms with van der Waals surface area (Å²) in [6, 6.07) is 7.60. The number of carboxylic acids is 1. The Balaban J connectivity index is 2.43. The average Bonchev–Trinajstić information content (AvgIpc) is 2.76. The van der Waals surface area contributed by atoms with Crippen molar-refractivity contribution in [3.8, 4) is 11.3 Å². The monoisotopic (exact) mass is 258 g/mol. The van der Waals surface area contributed by atoms with E-state index in [1.165, 1.54) is 0 Å². The number of hydrogen-bond donors (Lipinski definition) is 1. The summed E-state index contributed by atoms with van der Waals surface area (Å²) in [6.45, 7) is 6.33. The van der Waals surface area contributed by atoms with Crippen LogP contribution in [0.2, 0.25) is 0 Å². The molecule has 1 N–H and O–H groups in total. The smallest absolute Gasteiger partial charge is 0.307 e. The number of rotatable bonds is 3. The molecule has 0 aliphatic heterocycles. The van der Waals surface area contributed by atoms with Crippen molar-refractivity contribution in [3.63, 3.8) is 0 Å². The predicted molar refractivity (Wildman–Crippen MR) is 74.0 cm³/mol. The van der Waals surface area contributed by atoms with Gasteiger partial charge in [-0.25, -0.2) is 4.98 Å². The van der Waals surface area contributed by atoms with E-state index in [1.54, 1.807) is 6.33 Å². The van der Waals surface area contributed by atoms with E-state index in [4.69, 9.17) is 5.11 Å². The van der Waals surface area contributed by atoms with Crippen LogP contribution in [0.25, 0.3) is 11.3 Å². The molecule has 4 nitrogen and oxygen atoms in total. The molecule has 0 saturated carbocycles. The van der Waals surface area contributed by atoms with E-state index in [0.717, 1.165) is 16.8 Å². The van der Waals surface area contributed by atoms with Crippen molar-refractivity contribution in [2.24, 2.45) is 0 Å². The van der Waals surface area contributed by atoms with Crippen LogP contribution in [0.4, 0.5) is 0 Å². The minimum atomic E-state index is -0.818. The number of imidazole rings is 1. The molecule has 0 spiro atoms. The van der Waals surface area contributed by atoms with E-state index in [0.29, 0.717) is 0 Å². The van der Waals surface area contributed by atoms with Gasteiger partial charge in [0.1, 0.15) is 0 Å². The fraction of sp³-hybridized carbons (Fsp3) is 0.333. The Morgan fingerprint density at radius 1 is 1.37 bits per heavy atom. The number of nitrogens with zero attached hydrogens (tertiary/aromatic N) is 2. The Kier molecular flexibility index (Phi) is 3.42. The van der Waals surface area contributed by atoms with Crippen LogP contribution in [0.15, 0.2) is 36.8 Å². The zero-order chi connectivity index (χ0) is 14.0. The van der Waals surface area contributed by atoms with Gasteiger partial charge < -0.3 is 9.67 Å². The summed E-state index contributed by atoms with van der Waals surface area (Å²) < 4.78 is 2.09. The van der Waals surface area contributed by atoms with Crippen LogP contribution in [0, 0.1) is 0 Å². The zero-order valence-corrected chi connectivity index (χ0v) is 11.4. The average molecular weight is 258 g/mol. The van der Waals surface area contributed by atoms with Gasteiger partial charge in [0.2, 0.25) is 0 Å². The van der Waals surface area contributed by atoms with Crippen molar-refractivity contribution in [1.82, 2.24) is 9.55 Å². The lowest BCUT2D eigenvalue weighted by atomic mass is 10.0. The molecule has 0 aliphatic carbocycles. The molecule has 0 fully saturated rings. The quantitative estimate of drug-likeness (QED) is 0.921. The maximum atomic E-state index is 10.8. The fourth-order valence-corrected chi connectivity index (χ4v) is 2.06. The second kappa shape index (κ2) is 4.88. The Morgan fingerprint density at radius 2 is 2.11 bits per heavy atom. The molecule has 100 valence electrons. The topological polar surface area (TPSA) is 55.1 Å². The van der Waals surface area contributed by atoms with Gasteiger partial charge in [-0.05, 0) is 32.4 Å². The maximum absolute atomic E-state index is 10.8. The predicted octanol–water partition coefficient (Wildman–Crippen LogP) is 2.93. The summed E-state index contributed by atoms with van der Waals surface area (Å²) in [7, 11) is 0. The first kappa shape index (κ1) is 13.3. The third-order valence-electron chi connectivity index (χ3n) is 2.94. The third-order valence-corrected chi connectivity index (χ3v) is 2.94. The third kappa shape index (κ3) is 3.02. The molecule has 0 bridgehead atoms. The Labute approximate surface area is 112 Å².